The second-order valence-corrected chi connectivity index (χ2v) is 5.82. The smallest absolute Gasteiger partial charge is 0.280 e. The van der Waals surface area contributed by atoms with E-state index in [0.29, 0.717) is 30.6 Å². The Hall–Kier alpha value is -3.09. The summed E-state index contributed by atoms with van der Waals surface area (Å²) in [5.74, 6) is -0.847. The van der Waals surface area contributed by atoms with Crippen molar-refractivity contribution in [3.05, 3.63) is 59.7 Å². The van der Waals surface area contributed by atoms with Gasteiger partial charge in [0.25, 0.3) is 17.7 Å². The molecule has 120 valence electrons. The summed E-state index contributed by atoms with van der Waals surface area (Å²) < 4.78 is 0. The SMILES string of the molecule is O=C(c1cccnc1)N1CCC(N2C(=O)c3cccnc3C2=O)C1. The first kappa shape index (κ1) is 14.5. The van der Waals surface area contributed by atoms with Crippen LogP contribution >= 0.6 is 0 Å². The maximum absolute atomic E-state index is 12.5. The zero-order valence-electron chi connectivity index (χ0n) is 12.8. The first-order valence-electron chi connectivity index (χ1n) is 7.69. The van der Waals surface area contributed by atoms with E-state index in [0.717, 1.165) is 0 Å². The number of carbonyl (C=O) groups is 3. The molecule has 1 unspecified atom stereocenters. The lowest BCUT2D eigenvalue weighted by Gasteiger charge is -2.22. The molecule has 24 heavy (non-hydrogen) atoms. The van der Waals surface area contributed by atoms with Gasteiger partial charge in [0.05, 0.1) is 17.2 Å². The minimum atomic E-state index is -0.378. The van der Waals surface area contributed by atoms with Crippen LogP contribution in [0.5, 0.6) is 0 Å². The van der Waals surface area contributed by atoms with E-state index in [1.165, 1.54) is 17.3 Å². The molecule has 7 nitrogen and oxygen atoms in total. The monoisotopic (exact) mass is 322 g/mol. The fourth-order valence-electron chi connectivity index (χ4n) is 3.22. The molecule has 2 aliphatic heterocycles. The molecular weight excluding hydrogens is 308 g/mol. The molecule has 2 aromatic rings. The minimum absolute atomic E-state index is 0.139. The fraction of sp³-hybridized carbons (Fsp3) is 0.235. The molecule has 4 heterocycles. The highest BCUT2D eigenvalue weighted by Crippen LogP contribution is 2.27. The molecule has 0 radical (unpaired) electrons. The molecule has 0 aliphatic carbocycles. The highest BCUT2D eigenvalue weighted by atomic mass is 16.2. The third kappa shape index (κ3) is 2.17. The number of aromatic nitrogens is 2. The Morgan fingerprint density at radius 2 is 1.96 bits per heavy atom. The lowest BCUT2D eigenvalue weighted by Crippen LogP contribution is -2.42. The van der Waals surface area contributed by atoms with Gasteiger partial charge in [-0.15, -0.1) is 0 Å². The van der Waals surface area contributed by atoms with Crippen LogP contribution < -0.4 is 0 Å². The molecule has 2 aliphatic rings. The van der Waals surface area contributed by atoms with Crippen LogP contribution in [-0.4, -0.2) is 56.6 Å². The van der Waals surface area contributed by atoms with Gasteiger partial charge in [0.15, 0.2) is 0 Å². The molecule has 1 saturated heterocycles. The molecule has 0 bridgehead atoms. The number of rotatable bonds is 2. The summed E-state index contributed by atoms with van der Waals surface area (Å²) in [6, 6.07) is 6.33. The molecule has 0 spiro atoms. The van der Waals surface area contributed by atoms with Crippen LogP contribution in [0.15, 0.2) is 42.9 Å². The minimum Gasteiger partial charge on any atom is -0.336 e. The topological polar surface area (TPSA) is 83.5 Å². The van der Waals surface area contributed by atoms with E-state index in [1.807, 2.05) is 0 Å². The Labute approximate surface area is 137 Å². The Kier molecular flexibility index (Phi) is 3.34. The summed E-state index contributed by atoms with van der Waals surface area (Å²) in [6.45, 7) is 0.832. The predicted molar refractivity (Wildman–Crippen MR) is 83.3 cm³/mol. The normalized spacial score (nSPS) is 19.8. The van der Waals surface area contributed by atoms with E-state index in [4.69, 9.17) is 0 Å². The van der Waals surface area contributed by atoms with Gasteiger partial charge in [0, 0.05) is 31.7 Å². The summed E-state index contributed by atoms with van der Waals surface area (Å²) in [6.07, 6.45) is 5.19. The van der Waals surface area contributed by atoms with E-state index < -0.39 is 0 Å². The maximum atomic E-state index is 12.5. The zero-order chi connectivity index (χ0) is 16.7. The second-order valence-electron chi connectivity index (χ2n) is 5.82. The predicted octanol–water partition coefficient (Wildman–Crippen LogP) is 0.987. The van der Waals surface area contributed by atoms with Crippen molar-refractivity contribution in [3.63, 3.8) is 0 Å². The van der Waals surface area contributed by atoms with Crippen molar-refractivity contribution >= 4 is 17.7 Å². The Morgan fingerprint density at radius 1 is 1.12 bits per heavy atom. The first-order chi connectivity index (χ1) is 11.7. The van der Waals surface area contributed by atoms with Gasteiger partial charge in [0.1, 0.15) is 5.69 Å². The molecule has 1 fully saturated rings. The Morgan fingerprint density at radius 3 is 2.71 bits per heavy atom. The van der Waals surface area contributed by atoms with Gasteiger partial charge in [-0.25, -0.2) is 0 Å². The second kappa shape index (κ2) is 5.52. The molecule has 1 atom stereocenters. The molecule has 0 N–H and O–H groups in total. The molecular formula is C17H14N4O3. The van der Waals surface area contributed by atoms with E-state index >= 15 is 0 Å². The van der Waals surface area contributed by atoms with Crippen LogP contribution in [0.3, 0.4) is 0 Å². The van der Waals surface area contributed by atoms with Crippen LogP contribution in [0, 0.1) is 0 Å². The average Bonchev–Trinajstić information content (AvgIpc) is 3.19. The van der Waals surface area contributed by atoms with Crippen molar-refractivity contribution in [2.24, 2.45) is 0 Å². The van der Waals surface area contributed by atoms with Crippen molar-refractivity contribution in [1.82, 2.24) is 19.8 Å². The van der Waals surface area contributed by atoms with Gasteiger partial charge < -0.3 is 4.90 Å². The summed E-state index contributed by atoms with van der Waals surface area (Å²) in [7, 11) is 0. The summed E-state index contributed by atoms with van der Waals surface area (Å²) in [4.78, 5) is 48.3. The number of imide groups is 1. The van der Waals surface area contributed by atoms with E-state index in [2.05, 4.69) is 9.97 Å². The zero-order valence-corrected chi connectivity index (χ0v) is 12.8. The van der Waals surface area contributed by atoms with Gasteiger partial charge in [-0.1, -0.05) is 0 Å². The number of nitrogens with zero attached hydrogens (tertiary/aromatic N) is 4. The number of carbonyl (C=O) groups excluding carboxylic acids is 3. The van der Waals surface area contributed by atoms with Crippen LogP contribution in [0.2, 0.25) is 0 Å². The highest BCUT2D eigenvalue weighted by molar-refractivity contribution is 6.20. The lowest BCUT2D eigenvalue weighted by atomic mass is 10.2. The van der Waals surface area contributed by atoms with Crippen molar-refractivity contribution < 1.29 is 14.4 Å². The Balaban J connectivity index is 1.53. The molecule has 0 saturated carbocycles. The summed E-state index contributed by atoms with van der Waals surface area (Å²) in [5.41, 5.74) is 1.03. The standard InChI is InChI=1S/C17H14N4O3/c22-15(11-3-1-6-18-9-11)20-8-5-12(10-20)21-16(23)13-4-2-7-19-14(13)17(21)24/h1-4,6-7,9,12H,5,8,10H2. The van der Waals surface area contributed by atoms with Gasteiger partial charge in [0.2, 0.25) is 0 Å². The van der Waals surface area contributed by atoms with Crippen LogP contribution in [-0.2, 0) is 0 Å². The molecule has 2 aromatic heterocycles. The van der Waals surface area contributed by atoms with Gasteiger partial charge in [-0.3, -0.25) is 29.3 Å². The van der Waals surface area contributed by atoms with E-state index in [9.17, 15) is 14.4 Å². The van der Waals surface area contributed by atoms with Crippen LogP contribution in [0.25, 0.3) is 0 Å². The third-order valence-electron chi connectivity index (χ3n) is 4.40. The average molecular weight is 322 g/mol. The van der Waals surface area contributed by atoms with Gasteiger partial charge in [-0.2, -0.15) is 0 Å². The Bertz CT molecular complexity index is 802. The quantitative estimate of drug-likeness (QED) is 0.770. The summed E-state index contributed by atoms with van der Waals surface area (Å²) in [5, 5.41) is 0. The molecule has 0 aromatic carbocycles. The molecule has 4 rings (SSSR count). The van der Waals surface area contributed by atoms with Crippen molar-refractivity contribution in [1.29, 1.82) is 0 Å². The third-order valence-corrected chi connectivity index (χ3v) is 4.40. The summed E-state index contributed by atoms with van der Waals surface area (Å²) >= 11 is 0. The number of amides is 3. The largest absolute Gasteiger partial charge is 0.336 e. The van der Waals surface area contributed by atoms with E-state index in [1.54, 1.807) is 35.4 Å². The number of fused-ring (bicyclic) bond motifs is 1. The maximum Gasteiger partial charge on any atom is 0.280 e. The number of hydrogen-bond acceptors (Lipinski definition) is 5. The van der Waals surface area contributed by atoms with Crippen LogP contribution in [0.1, 0.15) is 37.6 Å². The van der Waals surface area contributed by atoms with Crippen molar-refractivity contribution in [3.8, 4) is 0 Å². The van der Waals surface area contributed by atoms with Crippen molar-refractivity contribution in [2.75, 3.05) is 13.1 Å². The van der Waals surface area contributed by atoms with E-state index in [-0.39, 0.29) is 29.5 Å². The highest BCUT2D eigenvalue weighted by Gasteiger charge is 2.43. The van der Waals surface area contributed by atoms with Gasteiger partial charge in [-0.05, 0) is 30.7 Å². The molecule has 7 heteroatoms. The lowest BCUT2D eigenvalue weighted by molar-refractivity contribution is 0.0573. The molecule has 3 amide bonds. The van der Waals surface area contributed by atoms with Crippen molar-refractivity contribution in [2.45, 2.75) is 12.5 Å². The number of likely N-dealkylation sites (tertiary alicyclic amines) is 1. The van der Waals surface area contributed by atoms with Crippen LogP contribution in [0.4, 0.5) is 0 Å². The van der Waals surface area contributed by atoms with Gasteiger partial charge >= 0.3 is 0 Å². The first-order valence-corrected chi connectivity index (χ1v) is 7.69. The number of pyridine rings is 2. The number of hydrogen-bond donors (Lipinski definition) is 0. The fourth-order valence-corrected chi connectivity index (χ4v) is 3.22.